The van der Waals surface area contributed by atoms with Crippen molar-refractivity contribution < 1.29 is 10.2 Å². The number of phenolic OH excluding ortho intramolecular Hbond substituents is 2. The van der Waals surface area contributed by atoms with Crippen molar-refractivity contribution in [3.8, 4) is 11.5 Å². The van der Waals surface area contributed by atoms with Crippen molar-refractivity contribution in [2.45, 2.75) is 37.4 Å². The van der Waals surface area contributed by atoms with Gasteiger partial charge < -0.3 is 30.2 Å². The van der Waals surface area contributed by atoms with Crippen LogP contribution in [-0.4, -0.2) is 97.9 Å². The second-order valence-corrected chi connectivity index (χ2v) is 10.8. The molecule has 3 aromatic carbocycles. The maximum atomic E-state index is 9.81. The van der Waals surface area contributed by atoms with Gasteiger partial charge in [0.2, 0.25) is 0 Å². The zero-order chi connectivity index (χ0) is 27.5. The summed E-state index contributed by atoms with van der Waals surface area (Å²) in [4.78, 5) is 7.28. The van der Waals surface area contributed by atoms with Gasteiger partial charge in [0.05, 0.1) is 0 Å². The number of likely N-dealkylation sites (N-methyl/N-ethyl adjacent to an activating group) is 4. The van der Waals surface area contributed by atoms with Crippen LogP contribution < -0.4 is 5.32 Å². The Balaban J connectivity index is 1.77. The Morgan fingerprint density at radius 2 is 1.00 bits per heavy atom. The van der Waals surface area contributed by atoms with Crippen LogP contribution >= 0.6 is 0 Å². The highest BCUT2D eigenvalue weighted by atomic mass is 16.3. The minimum atomic E-state index is 0.293. The number of phenols is 2. The molecule has 6 nitrogen and oxygen atoms in total. The first-order valence-electron chi connectivity index (χ1n) is 13.6. The molecule has 6 heteroatoms. The summed E-state index contributed by atoms with van der Waals surface area (Å²) in [6.45, 7) is 2.76. The summed E-state index contributed by atoms with van der Waals surface area (Å²) in [6.07, 6.45) is 2.81. The summed E-state index contributed by atoms with van der Waals surface area (Å²) in [6, 6.07) is 26.9. The standard InChI is InChI=1S/C32H46N4O2/c1-33-22-28(19-25-9-7-6-8-10-25)35(4)24-30(21-27-13-17-32(38)18-14-27)36(5)23-29(34(2)3)20-26-11-15-31(37)16-12-26/h6-18,28-30,33,37-38H,19-24H2,1-5H3/t28-,29-,30+/m1/s1. The molecule has 0 aliphatic rings. The average molecular weight is 519 g/mol. The Kier molecular flexibility index (Phi) is 11.6. The molecule has 0 aliphatic carbocycles. The lowest BCUT2D eigenvalue weighted by Crippen LogP contribution is -2.51. The lowest BCUT2D eigenvalue weighted by molar-refractivity contribution is 0.120. The van der Waals surface area contributed by atoms with Crippen molar-refractivity contribution in [2.24, 2.45) is 0 Å². The molecule has 0 spiro atoms. The van der Waals surface area contributed by atoms with Gasteiger partial charge in [0.25, 0.3) is 0 Å². The van der Waals surface area contributed by atoms with Gasteiger partial charge in [0, 0.05) is 37.8 Å². The number of nitrogens with one attached hydrogen (secondary N) is 1. The molecule has 3 atom stereocenters. The molecule has 0 aliphatic heterocycles. The van der Waals surface area contributed by atoms with Gasteiger partial charge in [0.1, 0.15) is 11.5 Å². The Morgan fingerprint density at radius 1 is 0.579 bits per heavy atom. The Labute approximate surface area is 229 Å². The first-order chi connectivity index (χ1) is 18.2. The highest BCUT2D eigenvalue weighted by Gasteiger charge is 2.25. The van der Waals surface area contributed by atoms with Crippen LogP contribution in [0.2, 0.25) is 0 Å². The van der Waals surface area contributed by atoms with Crippen molar-refractivity contribution >= 4 is 0 Å². The Bertz CT molecular complexity index is 1060. The third kappa shape index (κ3) is 9.44. The van der Waals surface area contributed by atoms with Crippen molar-refractivity contribution in [3.63, 3.8) is 0 Å². The van der Waals surface area contributed by atoms with E-state index in [4.69, 9.17) is 0 Å². The van der Waals surface area contributed by atoms with E-state index in [1.807, 2.05) is 31.3 Å². The summed E-state index contributed by atoms with van der Waals surface area (Å²) in [5, 5.41) is 22.9. The number of aromatic hydroxyl groups is 2. The average Bonchev–Trinajstić information content (AvgIpc) is 2.90. The molecule has 3 aromatic rings. The van der Waals surface area contributed by atoms with Gasteiger partial charge in [-0.1, -0.05) is 54.6 Å². The van der Waals surface area contributed by atoms with E-state index in [0.29, 0.717) is 29.6 Å². The second-order valence-electron chi connectivity index (χ2n) is 10.8. The Hall–Kier alpha value is -2.90. The van der Waals surface area contributed by atoms with Crippen LogP contribution in [0.4, 0.5) is 0 Å². The van der Waals surface area contributed by atoms with Crippen LogP contribution in [0.3, 0.4) is 0 Å². The van der Waals surface area contributed by atoms with Crippen LogP contribution in [0.5, 0.6) is 11.5 Å². The van der Waals surface area contributed by atoms with Gasteiger partial charge in [-0.05, 0) is 95.5 Å². The topological polar surface area (TPSA) is 62.2 Å². The van der Waals surface area contributed by atoms with Crippen molar-refractivity contribution in [3.05, 3.63) is 95.6 Å². The van der Waals surface area contributed by atoms with E-state index in [-0.39, 0.29) is 0 Å². The van der Waals surface area contributed by atoms with E-state index in [2.05, 4.69) is 78.5 Å². The molecule has 3 N–H and O–H groups in total. The van der Waals surface area contributed by atoms with Crippen LogP contribution in [0.15, 0.2) is 78.9 Å². The van der Waals surface area contributed by atoms with Crippen LogP contribution in [0.25, 0.3) is 0 Å². The zero-order valence-electron chi connectivity index (χ0n) is 23.7. The highest BCUT2D eigenvalue weighted by Crippen LogP contribution is 2.18. The fourth-order valence-electron chi connectivity index (χ4n) is 5.05. The number of hydrogen-bond donors (Lipinski definition) is 3. The number of nitrogens with zero attached hydrogens (tertiary/aromatic N) is 3. The maximum Gasteiger partial charge on any atom is 0.115 e. The third-order valence-electron chi connectivity index (χ3n) is 7.54. The molecule has 3 rings (SSSR count). The normalized spacial score (nSPS) is 14.2. The van der Waals surface area contributed by atoms with E-state index < -0.39 is 0 Å². The van der Waals surface area contributed by atoms with E-state index in [9.17, 15) is 10.2 Å². The predicted molar refractivity (Wildman–Crippen MR) is 158 cm³/mol. The third-order valence-corrected chi connectivity index (χ3v) is 7.54. The van der Waals surface area contributed by atoms with E-state index in [1.165, 1.54) is 16.7 Å². The van der Waals surface area contributed by atoms with Gasteiger partial charge >= 0.3 is 0 Å². The fraction of sp³-hybridized carbons (Fsp3) is 0.438. The lowest BCUT2D eigenvalue weighted by atomic mass is 9.99. The molecule has 0 amide bonds. The first-order valence-corrected chi connectivity index (χ1v) is 13.6. The summed E-state index contributed by atoms with van der Waals surface area (Å²) in [5.41, 5.74) is 3.80. The lowest BCUT2D eigenvalue weighted by Gasteiger charge is -2.38. The Morgan fingerprint density at radius 3 is 1.50 bits per heavy atom. The predicted octanol–water partition coefficient (Wildman–Crippen LogP) is 3.88. The molecule has 0 saturated carbocycles. The van der Waals surface area contributed by atoms with Gasteiger partial charge in [0.15, 0.2) is 0 Å². The molecular formula is C32H46N4O2. The zero-order valence-corrected chi connectivity index (χ0v) is 23.7. The minimum absolute atomic E-state index is 0.293. The number of hydrogen-bond acceptors (Lipinski definition) is 6. The van der Waals surface area contributed by atoms with Gasteiger partial charge in [-0.15, -0.1) is 0 Å². The van der Waals surface area contributed by atoms with Gasteiger partial charge in [-0.3, -0.25) is 0 Å². The fourth-order valence-corrected chi connectivity index (χ4v) is 5.05. The highest BCUT2D eigenvalue weighted by molar-refractivity contribution is 5.27. The quantitative estimate of drug-likeness (QED) is 0.284. The van der Waals surface area contributed by atoms with Crippen LogP contribution in [0, 0.1) is 0 Å². The van der Waals surface area contributed by atoms with Gasteiger partial charge in [-0.25, -0.2) is 0 Å². The SMILES string of the molecule is CNC[C@@H](Cc1ccccc1)N(C)C[C@H](Cc1ccc(O)cc1)N(C)C[C@@H](Cc1ccc(O)cc1)N(C)C. The van der Waals surface area contributed by atoms with Crippen LogP contribution in [0.1, 0.15) is 16.7 Å². The molecule has 0 saturated heterocycles. The van der Waals surface area contributed by atoms with Crippen molar-refractivity contribution in [1.82, 2.24) is 20.0 Å². The molecule has 38 heavy (non-hydrogen) atoms. The molecule has 0 unspecified atom stereocenters. The molecule has 0 radical (unpaired) electrons. The summed E-state index contributed by atoms with van der Waals surface area (Å²) >= 11 is 0. The molecule has 0 heterocycles. The van der Waals surface area contributed by atoms with E-state index in [1.54, 1.807) is 24.3 Å². The number of benzene rings is 3. The van der Waals surface area contributed by atoms with Crippen LogP contribution in [-0.2, 0) is 19.3 Å². The molecule has 0 bridgehead atoms. The molecule has 0 fully saturated rings. The second kappa shape index (κ2) is 14.9. The summed E-state index contributed by atoms with van der Waals surface area (Å²) < 4.78 is 0. The van der Waals surface area contributed by atoms with Gasteiger partial charge in [-0.2, -0.15) is 0 Å². The monoisotopic (exact) mass is 518 g/mol. The van der Waals surface area contributed by atoms with E-state index >= 15 is 0 Å². The van der Waals surface area contributed by atoms with E-state index in [0.717, 1.165) is 38.9 Å². The summed E-state index contributed by atoms with van der Waals surface area (Å²) in [7, 11) is 10.8. The largest absolute Gasteiger partial charge is 0.508 e. The summed E-state index contributed by atoms with van der Waals surface area (Å²) in [5.74, 6) is 0.602. The molecular weight excluding hydrogens is 472 g/mol. The molecule has 206 valence electrons. The van der Waals surface area contributed by atoms with Crippen molar-refractivity contribution in [2.75, 3.05) is 54.9 Å². The van der Waals surface area contributed by atoms with Crippen molar-refractivity contribution in [1.29, 1.82) is 0 Å². The molecule has 0 aromatic heterocycles. The smallest absolute Gasteiger partial charge is 0.115 e. The maximum absolute atomic E-state index is 9.81. The first kappa shape index (κ1) is 29.7. The minimum Gasteiger partial charge on any atom is -0.508 e. The number of rotatable bonds is 15.